The summed E-state index contributed by atoms with van der Waals surface area (Å²) in [6, 6.07) is 6.44. The Balaban J connectivity index is 2.72. The minimum atomic E-state index is 0.322. The summed E-state index contributed by atoms with van der Waals surface area (Å²) in [7, 11) is 1.71. The van der Waals surface area contributed by atoms with Crippen LogP contribution in [-0.2, 0) is 11.2 Å². The second-order valence-electron chi connectivity index (χ2n) is 4.47. The topological polar surface area (TPSA) is 30.5 Å². The molecule has 0 radical (unpaired) electrons. The van der Waals surface area contributed by atoms with E-state index in [1.54, 1.807) is 7.11 Å². The predicted molar refractivity (Wildman–Crippen MR) is 83.0 cm³/mol. The van der Waals surface area contributed by atoms with E-state index in [1.165, 1.54) is 5.56 Å². The van der Waals surface area contributed by atoms with Crippen LogP contribution >= 0.6 is 15.9 Å². The number of benzene rings is 1. The number of nitrogens with one attached hydrogen (secondary N) is 1. The lowest BCUT2D eigenvalue weighted by molar-refractivity contribution is 0.122. The van der Waals surface area contributed by atoms with Crippen molar-refractivity contribution in [2.45, 2.75) is 32.7 Å². The molecule has 1 aromatic rings. The summed E-state index contributed by atoms with van der Waals surface area (Å²) in [5, 5.41) is 3.53. The van der Waals surface area contributed by atoms with E-state index < -0.39 is 0 Å². The van der Waals surface area contributed by atoms with Gasteiger partial charge in [0.15, 0.2) is 0 Å². The first-order valence-corrected chi connectivity index (χ1v) is 7.64. The van der Waals surface area contributed by atoms with Gasteiger partial charge in [-0.3, -0.25) is 0 Å². The third-order valence-corrected chi connectivity index (χ3v) is 3.41. The van der Waals surface area contributed by atoms with Crippen molar-refractivity contribution in [3.05, 3.63) is 28.2 Å². The second kappa shape index (κ2) is 9.34. The third kappa shape index (κ3) is 5.93. The highest BCUT2D eigenvalue weighted by Crippen LogP contribution is 2.24. The van der Waals surface area contributed by atoms with Crippen molar-refractivity contribution in [3.63, 3.8) is 0 Å². The lowest BCUT2D eigenvalue weighted by Crippen LogP contribution is -2.36. The van der Waals surface area contributed by atoms with Crippen LogP contribution in [0.15, 0.2) is 22.7 Å². The van der Waals surface area contributed by atoms with Gasteiger partial charge in [-0.15, -0.1) is 0 Å². The van der Waals surface area contributed by atoms with E-state index in [1.807, 2.05) is 19.1 Å². The summed E-state index contributed by atoms with van der Waals surface area (Å²) >= 11 is 3.51. The van der Waals surface area contributed by atoms with Crippen LogP contribution < -0.4 is 10.1 Å². The number of rotatable bonds is 9. The molecule has 0 aliphatic heterocycles. The molecule has 0 amide bonds. The Morgan fingerprint density at radius 2 is 2.11 bits per heavy atom. The van der Waals surface area contributed by atoms with Gasteiger partial charge >= 0.3 is 0 Å². The van der Waals surface area contributed by atoms with Crippen molar-refractivity contribution in [1.29, 1.82) is 0 Å². The molecule has 0 bridgehead atoms. The molecule has 1 atom stereocenters. The molecular formula is C15H24BrNO2. The van der Waals surface area contributed by atoms with Crippen LogP contribution in [0.1, 0.15) is 25.8 Å². The van der Waals surface area contributed by atoms with E-state index in [2.05, 4.69) is 34.2 Å². The first kappa shape index (κ1) is 16.5. The van der Waals surface area contributed by atoms with E-state index in [9.17, 15) is 0 Å². The molecule has 0 saturated heterocycles. The fourth-order valence-corrected chi connectivity index (χ4v) is 2.38. The molecule has 0 spiro atoms. The van der Waals surface area contributed by atoms with Gasteiger partial charge in [-0.2, -0.15) is 0 Å². The van der Waals surface area contributed by atoms with Crippen LogP contribution in [0.5, 0.6) is 5.75 Å². The summed E-state index contributed by atoms with van der Waals surface area (Å²) < 4.78 is 12.1. The maximum absolute atomic E-state index is 5.55. The molecule has 19 heavy (non-hydrogen) atoms. The lowest BCUT2D eigenvalue weighted by atomic mass is 10.1. The van der Waals surface area contributed by atoms with Gasteiger partial charge in [-0.05, 0) is 50.1 Å². The maximum atomic E-state index is 5.55. The average molecular weight is 330 g/mol. The zero-order valence-corrected chi connectivity index (χ0v) is 13.6. The molecule has 3 nitrogen and oxygen atoms in total. The largest absolute Gasteiger partial charge is 0.496 e. The van der Waals surface area contributed by atoms with Gasteiger partial charge in [0.1, 0.15) is 5.75 Å². The molecule has 108 valence electrons. The van der Waals surface area contributed by atoms with Crippen molar-refractivity contribution in [2.24, 2.45) is 0 Å². The van der Waals surface area contributed by atoms with E-state index >= 15 is 0 Å². The third-order valence-electron chi connectivity index (χ3n) is 2.91. The zero-order valence-electron chi connectivity index (χ0n) is 12.0. The van der Waals surface area contributed by atoms with Gasteiger partial charge in [0, 0.05) is 17.1 Å². The Bertz CT molecular complexity index is 363. The van der Waals surface area contributed by atoms with Gasteiger partial charge in [-0.1, -0.05) is 22.9 Å². The van der Waals surface area contributed by atoms with Crippen molar-refractivity contribution in [2.75, 3.05) is 26.9 Å². The van der Waals surface area contributed by atoms with Gasteiger partial charge in [-0.25, -0.2) is 0 Å². The SMILES string of the molecule is CCCNC(COCC)Cc1cc(Br)ccc1OC. The number of halogens is 1. The highest BCUT2D eigenvalue weighted by Gasteiger charge is 2.12. The zero-order chi connectivity index (χ0) is 14.1. The molecule has 1 unspecified atom stereocenters. The maximum Gasteiger partial charge on any atom is 0.122 e. The van der Waals surface area contributed by atoms with Gasteiger partial charge in [0.05, 0.1) is 13.7 Å². The first-order valence-electron chi connectivity index (χ1n) is 6.84. The van der Waals surface area contributed by atoms with E-state index in [-0.39, 0.29) is 0 Å². The molecule has 0 aromatic heterocycles. The Hall–Kier alpha value is -0.580. The highest BCUT2D eigenvalue weighted by molar-refractivity contribution is 9.10. The van der Waals surface area contributed by atoms with E-state index in [0.29, 0.717) is 6.04 Å². The highest BCUT2D eigenvalue weighted by atomic mass is 79.9. The Kier molecular flexibility index (Phi) is 8.10. The molecule has 0 fully saturated rings. The molecule has 1 N–H and O–H groups in total. The summed E-state index contributed by atoms with van der Waals surface area (Å²) in [6.45, 7) is 6.68. The average Bonchev–Trinajstić information content (AvgIpc) is 2.42. The Morgan fingerprint density at radius 1 is 1.32 bits per heavy atom. The van der Waals surface area contributed by atoms with Crippen LogP contribution in [0.2, 0.25) is 0 Å². The monoisotopic (exact) mass is 329 g/mol. The van der Waals surface area contributed by atoms with E-state index in [0.717, 1.165) is 42.8 Å². The normalized spacial score (nSPS) is 12.4. The Labute approximate surface area is 124 Å². The first-order chi connectivity index (χ1) is 9.21. The number of hydrogen-bond donors (Lipinski definition) is 1. The van der Waals surface area contributed by atoms with Crippen molar-refractivity contribution in [1.82, 2.24) is 5.32 Å². The standard InChI is InChI=1S/C15H24BrNO2/c1-4-8-17-14(11-19-5-2)10-12-9-13(16)6-7-15(12)18-3/h6-7,9,14,17H,4-5,8,10-11H2,1-3H3. The fourth-order valence-electron chi connectivity index (χ4n) is 1.97. The summed E-state index contributed by atoms with van der Waals surface area (Å²) in [6.07, 6.45) is 2.03. The lowest BCUT2D eigenvalue weighted by Gasteiger charge is -2.20. The van der Waals surface area contributed by atoms with Gasteiger partial charge in [0.2, 0.25) is 0 Å². The quantitative estimate of drug-likeness (QED) is 0.753. The molecule has 0 heterocycles. The smallest absolute Gasteiger partial charge is 0.122 e. The molecule has 0 saturated carbocycles. The van der Waals surface area contributed by atoms with Gasteiger partial charge in [0.25, 0.3) is 0 Å². The molecule has 4 heteroatoms. The predicted octanol–water partition coefficient (Wildman–Crippen LogP) is 3.40. The molecule has 0 aliphatic rings. The fraction of sp³-hybridized carbons (Fsp3) is 0.600. The minimum Gasteiger partial charge on any atom is -0.496 e. The summed E-state index contributed by atoms with van der Waals surface area (Å²) in [5.74, 6) is 0.933. The van der Waals surface area contributed by atoms with Crippen molar-refractivity contribution >= 4 is 15.9 Å². The van der Waals surface area contributed by atoms with Gasteiger partial charge < -0.3 is 14.8 Å². The molecule has 1 rings (SSSR count). The minimum absolute atomic E-state index is 0.322. The number of methoxy groups -OCH3 is 1. The Morgan fingerprint density at radius 3 is 2.74 bits per heavy atom. The second-order valence-corrected chi connectivity index (χ2v) is 5.39. The molecule has 0 aliphatic carbocycles. The van der Waals surface area contributed by atoms with Crippen LogP contribution in [0, 0.1) is 0 Å². The van der Waals surface area contributed by atoms with Crippen LogP contribution in [-0.4, -0.2) is 32.9 Å². The van der Waals surface area contributed by atoms with Crippen molar-refractivity contribution < 1.29 is 9.47 Å². The molecular weight excluding hydrogens is 306 g/mol. The number of ether oxygens (including phenoxy) is 2. The van der Waals surface area contributed by atoms with Crippen LogP contribution in [0.4, 0.5) is 0 Å². The van der Waals surface area contributed by atoms with Crippen LogP contribution in [0.25, 0.3) is 0 Å². The van der Waals surface area contributed by atoms with Crippen LogP contribution in [0.3, 0.4) is 0 Å². The number of hydrogen-bond acceptors (Lipinski definition) is 3. The summed E-state index contributed by atoms with van der Waals surface area (Å²) in [5.41, 5.74) is 1.20. The van der Waals surface area contributed by atoms with E-state index in [4.69, 9.17) is 9.47 Å². The molecule has 1 aromatic carbocycles. The summed E-state index contributed by atoms with van der Waals surface area (Å²) in [4.78, 5) is 0. The van der Waals surface area contributed by atoms with Crippen molar-refractivity contribution in [3.8, 4) is 5.75 Å².